The first-order valence-electron chi connectivity index (χ1n) is 10.2. The van der Waals surface area contributed by atoms with Crippen molar-refractivity contribution in [1.82, 2.24) is 14.7 Å². The van der Waals surface area contributed by atoms with Crippen molar-refractivity contribution in [2.75, 3.05) is 45.8 Å². The summed E-state index contributed by atoms with van der Waals surface area (Å²) in [6.07, 6.45) is 7.95. The number of likely N-dealkylation sites (tertiary alicyclic amines) is 1. The monoisotopic (exact) mass is 367 g/mol. The number of piperazine rings is 1. The minimum Gasteiger partial charge on any atom is -0.342 e. The summed E-state index contributed by atoms with van der Waals surface area (Å²) in [4.78, 5) is 32.1. The lowest BCUT2D eigenvalue weighted by Crippen LogP contribution is -2.53. The van der Waals surface area contributed by atoms with Crippen molar-refractivity contribution in [3.05, 3.63) is 42.0 Å². The van der Waals surface area contributed by atoms with E-state index in [1.165, 1.54) is 5.56 Å². The van der Waals surface area contributed by atoms with Crippen molar-refractivity contribution >= 4 is 17.9 Å². The van der Waals surface area contributed by atoms with E-state index < -0.39 is 5.41 Å². The van der Waals surface area contributed by atoms with Crippen LogP contribution < -0.4 is 0 Å². The molecule has 144 valence electrons. The fourth-order valence-corrected chi connectivity index (χ4v) is 4.21. The number of carbonyl (C=O) groups is 2. The SMILES string of the molecule is O=C(N1CCCC1)C1(C(=O)N2CCN(C/C=C/c3ccccc3)CC2)CC1. The van der Waals surface area contributed by atoms with Gasteiger partial charge in [-0.3, -0.25) is 14.5 Å². The first-order valence-corrected chi connectivity index (χ1v) is 10.2. The van der Waals surface area contributed by atoms with Crippen molar-refractivity contribution in [3.8, 4) is 0 Å². The highest BCUT2D eigenvalue weighted by atomic mass is 16.2. The summed E-state index contributed by atoms with van der Waals surface area (Å²) >= 11 is 0. The molecule has 0 bridgehead atoms. The van der Waals surface area contributed by atoms with Crippen LogP contribution in [0.15, 0.2) is 36.4 Å². The highest BCUT2D eigenvalue weighted by Gasteiger charge is 2.59. The molecule has 1 aromatic carbocycles. The first kappa shape index (κ1) is 18.2. The van der Waals surface area contributed by atoms with E-state index in [9.17, 15) is 9.59 Å². The Balaban J connectivity index is 1.27. The lowest BCUT2D eigenvalue weighted by Gasteiger charge is -2.36. The van der Waals surface area contributed by atoms with Crippen LogP contribution in [0.3, 0.4) is 0 Å². The number of benzene rings is 1. The zero-order valence-electron chi connectivity index (χ0n) is 16.0. The molecule has 0 unspecified atom stereocenters. The van der Waals surface area contributed by atoms with Crippen LogP contribution in [0.1, 0.15) is 31.2 Å². The van der Waals surface area contributed by atoms with Crippen LogP contribution in [-0.2, 0) is 9.59 Å². The molecule has 5 nitrogen and oxygen atoms in total. The molecule has 1 aliphatic carbocycles. The van der Waals surface area contributed by atoms with Gasteiger partial charge in [0, 0.05) is 45.8 Å². The molecule has 2 saturated heterocycles. The summed E-state index contributed by atoms with van der Waals surface area (Å²) < 4.78 is 0. The Labute approximate surface area is 161 Å². The van der Waals surface area contributed by atoms with Crippen LogP contribution in [0.4, 0.5) is 0 Å². The quantitative estimate of drug-likeness (QED) is 0.750. The molecule has 1 aromatic rings. The summed E-state index contributed by atoms with van der Waals surface area (Å²) in [5, 5.41) is 0. The molecule has 1 saturated carbocycles. The van der Waals surface area contributed by atoms with E-state index in [1.54, 1.807) is 0 Å². The molecule has 27 heavy (non-hydrogen) atoms. The third-order valence-corrected chi connectivity index (χ3v) is 6.10. The van der Waals surface area contributed by atoms with Gasteiger partial charge in [-0.05, 0) is 31.2 Å². The second-order valence-corrected chi connectivity index (χ2v) is 7.99. The van der Waals surface area contributed by atoms with Crippen molar-refractivity contribution in [3.63, 3.8) is 0 Å². The summed E-state index contributed by atoms with van der Waals surface area (Å²) in [5.74, 6) is 0.178. The topological polar surface area (TPSA) is 43.9 Å². The van der Waals surface area contributed by atoms with Gasteiger partial charge in [0.05, 0.1) is 0 Å². The van der Waals surface area contributed by atoms with E-state index in [0.717, 1.165) is 71.5 Å². The molecule has 2 heterocycles. The molecule has 2 aliphatic heterocycles. The third-order valence-electron chi connectivity index (χ3n) is 6.10. The van der Waals surface area contributed by atoms with Crippen molar-refractivity contribution in [1.29, 1.82) is 0 Å². The minimum absolute atomic E-state index is 0.0823. The maximum absolute atomic E-state index is 13.0. The Hall–Kier alpha value is -2.14. The highest BCUT2D eigenvalue weighted by molar-refractivity contribution is 6.08. The van der Waals surface area contributed by atoms with E-state index in [1.807, 2.05) is 28.0 Å². The molecular weight excluding hydrogens is 338 g/mol. The Morgan fingerprint density at radius 2 is 1.44 bits per heavy atom. The van der Waals surface area contributed by atoms with Crippen LogP contribution in [0.5, 0.6) is 0 Å². The second-order valence-electron chi connectivity index (χ2n) is 7.99. The van der Waals surface area contributed by atoms with Crippen molar-refractivity contribution in [2.24, 2.45) is 5.41 Å². The molecular formula is C22H29N3O2. The predicted molar refractivity (Wildman–Crippen MR) is 106 cm³/mol. The molecule has 0 aromatic heterocycles. The fraction of sp³-hybridized carbons (Fsp3) is 0.545. The molecule has 0 spiro atoms. The zero-order chi connectivity index (χ0) is 18.7. The molecule has 3 fully saturated rings. The van der Waals surface area contributed by atoms with Crippen molar-refractivity contribution in [2.45, 2.75) is 25.7 Å². The number of nitrogens with zero attached hydrogens (tertiary/aromatic N) is 3. The Kier molecular flexibility index (Phi) is 5.30. The van der Waals surface area contributed by atoms with E-state index in [4.69, 9.17) is 0 Å². The molecule has 2 amide bonds. The molecule has 0 N–H and O–H groups in total. The van der Waals surface area contributed by atoms with Gasteiger partial charge in [0.25, 0.3) is 0 Å². The molecule has 3 aliphatic rings. The lowest BCUT2D eigenvalue weighted by molar-refractivity contribution is -0.149. The third kappa shape index (κ3) is 3.93. The molecule has 0 atom stereocenters. The van der Waals surface area contributed by atoms with E-state index in [-0.39, 0.29) is 11.8 Å². The standard InChI is InChI=1S/C22H29N3O2/c26-20(24-13-4-5-14-24)22(10-11-22)21(27)25-17-15-23(16-18-25)12-6-9-19-7-2-1-3-8-19/h1-3,6-9H,4-5,10-18H2/b9-6+. The summed E-state index contributed by atoms with van der Waals surface area (Å²) in [6.45, 7) is 5.76. The number of amides is 2. The minimum atomic E-state index is -0.709. The van der Waals surface area contributed by atoms with E-state index in [2.05, 4.69) is 29.2 Å². The predicted octanol–water partition coefficient (Wildman–Crippen LogP) is 2.25. The Bertz CT molecular complexity index is 698. The fourth-order valence-electron chi connectivity index (χ4n) is 4.21. The van der Waals surface area contributed by atoms with E-state index in [0.29, 0.717) is 0 Å². The normalized spacial score (nSPS) is 22.4. The number of hydrogen-bond acceptors (Lipinski definition) is 3. The largest absolute Gasteiger partial charge is 0.342 e. The number of rotatable bonds is 5. The lowest BCUT2D eigenvalue weighted by atomic mass is 10.0. The van der Waals surface area contributed by atoms with Crippen LogP contribution in [0.25, 0.3) is 6.08 Å². The summed E-state index contributed by atoms with van der Waals surface area (Å²) in [6, 6.07) is 10.3. The van der Waals surface area contributed by atoms with Gasteiger partial charge in [-0.1, -0.05) is 42.5 Å². The van der Waals surface area contributed by atoms with Crippen LogP contribution in [0.2, 0.25) is 0 Å². The van der Waals surface area contributed by atoms with Crippen LogP contribution in [-0.4, -0.2) is 72.3 Å². The number of hydrogen-bond donors (Lipinski definition) is 0. The van der Waals surface area contributed by atoms with Crippen LogP contribution in [0, 0.1) is 5.41 Å². The first-order chi connectivity index (χ1) is 13.2. The maximum atomic E-state index is 13.0. The second kappa shape index (κ2) is 7.85. The molecule has 0 radical (unpaired) electrons. The average molecular weight is 367 g/mol. The smallest absolute Gasteiger partial charge is 0.238 e. The van der Waals surface area contributed by atoms with Crippen LogP contribution >= 0.6 is 0 Å². The number of carbonyl (C=O) groups excluding carboxylic acids is 2. The van der Waals surface area contributed by atoms with Gasteiger partial charge in [-0.2, -0.15) is 0 Å². The van der Waals surface area contributed by atoms with Gasteiger partial charge in [-0.15, -0.1) is 0 Å². The van der Waals surface area contributed by atoms with Gasteiger partial charge in [0.2, 0.25) is 11.8 Å². The van der Waals surface area contributed by atoms with Gasteiger partial charge >= 0.3 is 0 Å². The molecule has 4 rings (SSSR count). The average Bonchev–Trinajstić information content (AvgIpc) is 3.34. The van der Waals surface area contributed by atoms with E-state index >= 15 is 0 Å². The van der Waals surface area contributed by atoms with Crippen molar-refractivity contribution < 1.29 is 9.59 Å². The van der Waals surface area contributed by atoms with Gasteiger partial charge < -0.3 is 9.80 Å². The maximum Gasteiger partial charge on any atom is 0.238 e. The summed E-state index contributed by atoms with van der Waals surface area (Å²) in [7, 11) is 0. The highest BCUT2D eigenvalue weighted by Crippen LogP contribution is 2.49. The van der Waals surface area contributed by atoms with Gasteiger partial charge in [-0.25, -0.2) is 0 Å². The molecule has 5 heteroatoms. The van der Waals surface area contributed by atoms with Gasteiger partial charge in [0.1, 0.15) is 5.41 Å². The van der Waals surface area contributed by atoms with Gasteiger partial charge in [0.15, 0.2) is 0 Å². The Morgan fingerprint density at radius 1 is 0.852 bits per heavy atom. The summed E-state index contributed by atoms with van der Waals surface area (Å²) in [5.41, 5.74) is 0.502. The Morgan fingerprint density at radius 3 is 2.04 bits per heavy atom. The zero-order valence-corrected chi connectivity index (χ0v) is 16.0.